The fourth-order valence-corrected chi connectivity index (χ4v) is 1.73. The maximum Gasteiger partial charge on any atom is 0.326 e. The number of nitrogens with two attached hydrogens (primary N) is 1. The Labute approximate surface area is 105 Å². The summed E-state index contributed by atoms with van der Waals surface area (Å²) in [6.45, 7) is 3.31. The van der Waals surface area contributed by atoms with Crippen molar-refractivity contribution in [3.8, 4) is 0 Å². The zero-order valence-corrected chi connectivity index (χ0v) is 10.3. The van der Waals surface area contributed by atoms with Gasteiger partial charge in [-0.15, -0.1) is 0 Å². The van der Waals surface area contributed by atoms with E-state index in [4.69, 9.17) is 10.8 Å². The third-order valence-corrected chi connectivity index (χ3v) is 3.23. The van der Waals surface area contributed by atoms with E-state index in [0.717, 1.165) is 13.1 Å². The lowest BCUT2D eigenvalue weighted by Crippen LogP contribution is -2.52. The van der Waals surface area contributed by atoms with Crippen LogP contribution in [0.5, 0.6) is 0 Å². The predicted molar refractivity (Wildman–Crippen MR) is 63.5 cm³/mol. The van der Waals surface area contributed by atoms with Crippen molar-refractivity contribution >= 4 is 17.8 Å². The molecule has 7 heteroatoms. The van der Waals surface area contributed by atoms with E-state index in [1.165, 1.54) is 0 Å². The Morgan fingerprint density at radius 3 is 2.44 bits per heavy atom. The fourth-order valence-electron chi connectivity index (χ4n) is 1.73. The number of primary amides is 1. The molecule has 18 heavy (non-hydrogen) atoms. The summed E-state index contributed by atoms with van der Waals surface area (Å²) in [7, 11) is 0. The van der Waals surface area contributed by atoms with E-state index in [9.17, 15) is 14.4 Å². The summed E-state index contributed by atoms with van der Waals surface area (Å²) < 4.78 is 0. The molecule has 1 unspecified atom stereocenters. The van der Waals surface area contributed by atoms with Crippen molar-refractivity contribution in [1.29, 1.82) is 0 Å². The van der Waals surface area contributed by atoms with Crippen molar-refractivity contribution < 1.29 is 19.5 Å². The van der Waals surface area contributed by atoms with E-state index >= 15 is 0 Å². The average molecular weight is 257 g/mol. The van der Waals surface area contributed by atoms with Crippen LogP contribution in [0.1, 0.15) is 19.8 Å². The first-order valence-corrected chi connectivity index (χ1v) is 5.94. The topological polar surface area (TPSA) is 122 Å². The molecular formula is C11H19N3O4. The maximum absolute atomic E-state index is 11.8. The fraction of sp³-hybridized carbons (Fsp3) is 0.727. The minimum Gasteiger partial charge on any atom is -0.480 e. The molecule has 7 nitrogen and oxygen atoms in total. The summed E-state index contributed by atoms with van der Waals surface area (Å²) in [6.07, 6.45) is -0.0390. The first kappa shape index (κ1) is 14.4. The van der Waals surface area contributed by atoms with E-state index in [1.807, 2.05) is 0 Å². The molecule has 0 aromatic heterocycles. The monoisotopic (exact) mass is 257 g/mol. The molecule has 1 aliphatic heterocycles. The van der Waals surface area contributed by atoms with Crippen molar-refractivity contribution in [1.82, 2.24) is 10.6 Å². The lowest BCUT2D eigenvalue weighted by Gasteiger charge is -2.32. The van der Waals surface area contributed by atoms with Crippen LogP contribution in [0.4, 0.5) is 0 Å². The first-order chi connectivity index (χ1) is 8.41. The van der Waals surface area contributed by atoms with Crippen LogP contribution in [0, 0.1) is 11.8 Å². The maximum atomic E-state index is 11.8. The molecule has 0 aromatic carbocycles. The molecule has 0 aromatic rings. The standard InChI is InChI=1S/C11H19N3O4/c1-6(7-4-13-5-7)10(16)14-8(11(17)18)2-3-9(12)15/h6-8,13H,2-5H2,1H3,(H2,12,15)(H,14,16)(H,17,18)/t6?,8-/m0/s1. The molecule has 0 saturated carbocycles. The number of carbonyl (C=O) groups excluding carboxylic acids is 2. The normalized spacial score (nSPS) is 18.5. The lowest BCUT2D eigenvalue weighted by molar-refractivity contribution is -0.143. The Balaban J connectivity index is 2.46. The van der Waals surface area contributed by atoms with Gasteiger partial charge in [0.25, 0.3) is 0 Å². The van der Waals surface area contributed by atoms with Crippen LogP contribution in [-0.2, 0) is 14.4 Å². The molecule has 1 aliphatic rings. The molecule has 0 spiro atoms. The molecular weight excluding hydrogens is 238 g/mol. The molecule has 1 saturated heterocycles. The summed E-state index contributed by atoms with van der Waals surface area (Å²) in [6, 6.07) is -1.06. The van der Waals surface area contributed by atoms with Gasteiger partial charge in [0.15, 0.2) is 0 Å². The van der Waals surface area contributed by atoms with Crippen LogP contribution in [0.2, 0.25) is 0 Å². The number of nitrogens with one attached hydrogen (secondary N) is 2. The van der Waals surface area contributed by atoms with Crippen LogP contribution in [0.15, 0.2) is 0 Å². The summed E-state index contributed by atoms with van der Waals surface area (Å²) in [5.41, 5.74) is 4.96. The summed E-state index contributed by atoms with van der Waals surface area (Å²) in [5, 5.41) is 14.4. The van der Waals surface area contributed by atoms with Crippen molar-refractivity contribution in [2.75, 3.05) is 13.1 Å². The van der Waals surface area contributed by atoms with Crippen molar-refractivity contribution in [3.63, 3.8) is 0 Å². The Morgan fingerprint density at radius 2 is 2.06 bits per heavy atom. The molecule has 1 heterocycles. The summed E-state index contributed by atoms with van der Waals surface area (Å²) >= 11 is 0. The predicted octanol–water partition coefficient (Wildman–Crippen LogP) is -1.32. The third kappa shape index (κ3) is 3.99. The van der Waals surface area contributed by atoms with E-state index in [-0.39, 0.29) is 30.6 Å². The van der Waals surface area contributed by atoms with Gasteiger partial charge in [-0.05, 0) is 25.4 Å². The number of rotatable bonds is 7. The molecule has 2 atom stereocenters. The summed E-state index contributed by atoms with van der Waals surface area (Å²) in [5.74, 6) is -2.01. The second-order valence-electron chi connectivity index (χ2n) is 4.61. The Hall–Kier alpha value is -1.63. The van der Waals surface area contributed by atoms with E-state index in [1.54, 1.807) is 6.92 Å². The number of hydrogen-bond donors (Lipinski definition) is 4. The highest BCUT2D eigenvalue weighted by molar-refractivity contribution is 5.85. The molecule has 0 bridgehead atoms. The zero-order valence-electron chi connectivity index (χ0n) is 10.3. The van der Waals surface area contributed by atoms with Crippen molar-refractivity contribution in [3.05, 3.63) is 0 Å². The first-order valence-electron chi connectivity index (χ1n) is 5.94. The van der Waals surface area contributed by atoms with Crippen LogP contribution in [0.3, 0.4) is 0 Å². The van der Waals surface area contributed by atoms with Gasteiger partial charge < -0.3 is 21.5 Å². The molecule has 2 amide bonds. The second kappa shape index (κ2) is 6.34. The molecule has 5 N–H and O–H groups in total. The third-order valence-electron chi connectivity index (χ3n) is 3.23. The highest BCUT2D eigenvalue weighted by Gasteiger charge is 2.31. The Bertz CT molecular complexity index is 341. The van der Waals surface area contributed by atoms with E-state index < -0.39 is 17.9 Å². The van der Waals surface area contributed by atoms with Gasteiger partial charge in [0.1, 0.15) is 6.04 Å². The molecule has 102 valence electrons. The highest BCUT2D eigenvalue weighted by Crippen LogP contribution is 2.16. The Morgan fingerprint density at radius 1 is 1.44 bits per heavy atom. The molecule has 1 fully saturated rings. The number of carboxylic acids is 1. The van der Waals surface area contributed by atoms with Gasteiger partial charge in [0.05, 0.1) is 0 Å². The molecule has 0 radical (unpaired) electrons. The number of hydrogen-bond acceptors (Lipinski definition) is 4. The smallest absolute Gasteiger partial charge is 0.326 e. The lowest BCUT2D eigenvalue weighted by atomic mass is 9.88. The van der Waals surface area contributed by atoms with Crippen molar-refractivity contribution in [2.24, 2.45) is 17.6 Å². The minimum absolute atomic E-state index is 0.0199. The van der Waals surface area contributed by atoms with Crippen LogP contribution >= 0.6 is 0 Å². The second-order valence-corrected chi connectivity index (χ2v) is 4.61. The average Bonchev–Trinajstić information content (AvgIpc) is 2.20. The van der Waals surface area contributed by atoms with E-state index in [0.29, 0.717) is 0 Å². The zero-order chi connectivity index (χ0) is 13.7. The van der Waals surface area contributed by atoms with Gasteiger partial charge in [0.2, 0.25) is 11.8 Å². The highest BCUT2D eigenvalue weighted by atomic mass is 16.4. The quantitative estimate of drug-likeness (QED) is 0.450. The molecule has 1 rings (SSSR count). The number of amides is 2. The van der Waals surface area contributed by atoms with Gasteiger partial charge in [-0.3, -0.25) is 9.59 Å². The van der Waals surface area contributed by atoms with Gasteiger partial charge in [-0.2, -0.15) is 0 Å². The number of aliphatic carboxylic acids is 1. The van der Waals surface area contributed by atoms with Crippen LogP contribution < -0.4 is 16.4 Å². The largest absolute Gasteiger partial charge is 0.480 e. The van der Waals surface area contributed by atoms with Gasteiger partial charge >= 0.3 is 5.97 Å². The molecule has 0 aliphatic carbocycles. The van der Waals surface area contributed by atoms with Gasteiger partial charge in [-0.1, -0.05) is 6.92 Å². The van der Waals surface area contributed by atoms with E-state index in [2.05, 4.69) is 10.6 Å². The van der Waals surface area contributed by atoms with Crippen LogP contribution in [0.25, 0.3) is 0 Å². The van der Waals surface area contributed by atoms with Crippen molar-refractivity contribution in [2.45, 2.75) is 25.8 Å². The van der Waals surface area contributed by atoms with Crippen LogP contribution in [-0.4, -0.2) is 42.0 Å². The minimum atomic E-state index is -1.15. The Kier molecular flexibility index (Phi) is 5.08. The number of carbonyl (C=O) groups is 3. The SMILES string of the molecule is CC(C(=O)N[C@@H](CCC(N)=O)C(=O)O)C1CNC1. The summed E-state index contributed by atoms with van der Waals surface area (Å²) in [4.78, 5) is 33.4. The van der Waals surface area contributed by atoms with Gasteiger partial charge in [-0.25, -0.2) is 4.79 Å². The van der Waals surface area contributed by atoms with Gasteiger partial charge in [0, 0.05) is 12.3 Å². The number of carboxylic acid groups (broad SMARTS) is 1.